The molecule has 1 aromatic carbocycles. The van der Waals surface area contributed by atoms with Crippen molar-refractivity contribution in [2.75, 3.05) is 0 Å². The Balaban J connectivity index is 3.22. The summed E-state index contributed by atoms with van der Waals surface area (Å²) in [6, 6.07) is 3.69. The lowest BCUT2D eigenvalue weighted by Crippen LogP contribution is -1.94. The minimum atomic E-state index is -0.684. The van der Waals surface area contributed by atoms with E-state index < -0.39 is 5.82 Å². The highest BCUT2D eigenvalue weighted by molar-refractivity contribution is 6.69. The molecule has 0 bridgehead atoms. The molecule has 0 saturated carbocycles. The highest BCUT2D eigenvalue weighted by Crippen LogP contribution is 2.18. The van der Waals surface area contributed by atoms with Gasteiger partial charge in [0, 0.05) is 5.56 Å². The second-order valence-corrected chi connectivity index (χ2v) is 2.52. The topological polar surface area (TPSA) is 37.0 Å². The second kappa shape index (κ2) is 3.87. The van der Waals surface area contributed by atoms with Crippen molar-refractivity contribution in [2.45, 2.75) is 0 Å². The van der Waals surface area contributed by atoms with E-state index in [9.17, 15) is 4.39 Å². The van der Waals surface area contributed by atoms with Gasteiger partial charge < -0.3 is 5.21 Å². The van der Waals surface area contributed by atoms with Gasteiger partial charge in [0.15, 0.2) is 10.9 Å². The number of rotatable bonds is 1. The van der Waals surface area contributed by atoms with Gasteiger partial charge in [-0.1, -0.05) is 28.9 Å². The summed E-state index contributed by atoms with van der Waals surface area (Å²) < 4.78 is 13.1. The summed E-state index contributed by atoms with van der Waals surface area (Å²) in [5.41, 5.74) is 0.139. The maximum absolute atomic E-state index is 13.1. The highest BCUT2D eigenvalue weighted by Gasteiger charge is 2.07. The number of benzene rings is 1. The molecule has 0 saturated heterocycles. The Morgan fingerprint density at radius 2 is 2.31 bits per heavy atom. The number of hydrogen-bond acceptors (Lipinski definition) is 2. The number of oxime groups is 1. The lowest BCUT2D eigenvalue weighted by Gasteiger charge is -1.98. The van der Waals surface area contributed by atoms with Gasteiger partial charge in [-0.2, -0.15) is 0 Å². The predicted octanol–water partition coefficient (Wildman–Crippen LogP) is 2.75. The van der Waals surface area contributed by atoms with Gasteiger partial charge in [-0.25, -0.2) is 9.24 Å². The molecule has 0 fully saturated rings. The third-order valence-electron chi connectivity index (χ3n) is 1.39. The van der Waals surface area contributed by atoms with Crippen LogP contribution in [0.5, 0.6) is 0 Å². The molecular weight excluding hydrogens is 195 g/mol. The number of halogens is 2. The lowest BCUT2D eigenvalue weighted by molar-refractivity contribution is 0.320. The summed E-state index contributed by atoms with van der Waals surface area (Å²) >= 11 is 5.37. The molecule has 0 heterocycles. The average molecular weight is 199 g/mol. The van der Waals surface area contributed by atoms with Crippen molar-refractivity contribution in [1.82, 2.24) is 0 Å². The molecule has 0 aliphatic heterocycles. The van der Waals surface area contributed by atoms with E-state index in [-0.39, 0.29) is 16.4 Å². The van der Waals surface area contributed by atoms with Crippen LogP contribution in [0.3, 0.4) is 0 Å². The first-order valence-electron chi connectivity index (χ1n) is 3.24. The zero-order valence-electron chi connectivity index (χ0n) is 6.33. The molecular formula is C8H4ClFN2O. The second-order valence-electron chi connectivity index (χ2n) is 2.17. The maximum Gasteiger partial charge on any atom is 0.190 e. The zero-order chi connectivity index (χ0) is 9.84. The molecule has 66 valence electrons. The van der Waals surface area contributed by atoms with Gasteiger partial charge in [-0.3, -0.25) is 0 Å². The quantitative estimate of drug-likeness (QED) is 0.320. The molecule has 1 N–H and O–H groups in total. The summed E-state index contributed by atoms with van der Waals surface area (Å²) in [7, 11) is 0. The van der Waals surface area contributed by atoms with E-state index >= 15 is 0 Å². The fraction of sp³-hybridized carbons (Fsp3) is 0. The van der Waals surface area contributed by atoms with Crippen LogP contribution >= 0.6 is 11.6 Å². The van der Waals surface area contributed by atoms with Gasteiger partial charge in [0.1, 0.15) is 5.82 Å². The van der Waals surface area contributed by atoms with Crippen molar-refractivity contribution in [2.24, 2.45) is 5.16 Å². The van der Waals surface area contributed by atoms with Crippen molar-refractivity contribution < 1.29 is 9.60 Å². The van der Waals surface area contributed by atoms with Crippen molar-refractivity contribution >= 4 is 22.5 Å². The van der Waals surface area contributed by atoms with E-state index in [1.807, 2.05) is 0 Å². The van der Waals surface area contributed by atoms with Crippen LogP contribution in [0.1, 0.15) is 5.56 Å². The van der Waals surface area contributed by atoms with Gasteiger partial charge in [-0.15, -0.1) is 0 Å². The number of nitrogens with zero attached hydrogens (tertiary/aromatic N) is 2. The van der Waals surface area contributed by atoms with Crippen LogP contribution in [0.2, 0.25) is 0 Å². The molecule has 0 atom stereocenters. The Labute approximate surface area is 78.9 Å². The van der Waals surface area contributed by atoms with Gasteiger partial charge in [0.2, 0.25) is 0 Å². The van der Waals surface area contributed by atoms with Crippen LogP contribution in [0.25, 0.3) is 4.85 Å². The third kappa shape index (κ3) is 1.95. The van der Waals surface area contributed by atoms with E-state index in [0.717, 1.165) is 6.07 Å². The van der Waals surface area contributed by atoms with Crippen LogP contribution in [0.15, 0.2) is 23.4 Å². The minimum absolute atomic E-state index is 0.0310. The monoisotopic (exact) mass is 198 g/mol. The van der Waals surface area contributed by atoms with E-state index in [1.54, 1.807) is 0 Å². The highest BCUT2D eigenvalue weighted by atomic mass is 35.5. The van der Waals surface area contributed by atoms with E-state index in [2.05, 4.69) is 10.0 Å². The van der Waals surface area contributed by atoms with Crippen LogP contribution in [0.4, 0.5) is 10.1 Å². The Morgan fingerprint density at radius 3 is 2.77 bits per heavy atom. The first-order valence-corrected chi connectivity index (χ1v) is 3.61. The zero-order valence-corrected chi connectivity index (χ0v) is 7.09. The lowest BCUT2D eigenvalue weighted by atomic mass is 10.2. The molecule has 0 amide bonds. The number of hydrogen-bond donors (Lipinski definition) is 1. The largest absolute Gasteiger partial charge is 0.410 e. The summed E-state index contributed by atoms with van der Waals surface area (Å²) in [6.45, 7) is 6.61. The van der Waals surface area contributed by atoms with Crippen LogP contribution < -0.4 is 0 Å². The van der Waals surface area contributed by atoms with Crippen LogP contribution in [-0.4, -0.2) is 10.4 Å². The summed E-state index contributed by atoms with van der Waals surface area (Å²) in [6.07, 6.45) is 0. The summed E-state index contributed by atoms with van der Waals surface area (Å²) in [4.78, 5) is 3.02. The van der Waals surface area contributed by atoms with Crippen molar-refractivity contribution in [3.8, 4) is 0 Å². The third-order valence-corrected chi connectivity index (χ3v) is 1.67. The Kier molecular flexibility index (Phi) is 2.83. The molecule has 0 radical (unpaired) electrons. The molecule has 0 aromatic heterocycles. The van der Waals surface area contributed by atoms with E-state index in [0.29, 0.717) is 0 Å². The molecule has 0 aliphatic carbocycles. The maximum atomic E-state index is 13.1. The SMILES string of the molecule is [C-]#[N+]c1ccc(/C(Cl)=N\O)c(F)c1. The molecule has 0 aliphatic rings. The van der Waals surface area contributed by atoms with Crippen LogP contribution in [-0.2, 0) is 0 Å². The molecule has 5 heteroatoms. The summed E-state index contributed by atoms with van der Waals surface area (Å²) in [5.74, 6) is -0.684. The Hall–Kier alpha value is -1.60. The molecule has 0 spiro atoms. The first-order chi connectivity index (χ1) is 6.19. The fourth-order valence-corrected chi connectivity index (χ4v) is 0.948. The minimum Gasteiger partial charge on any atom is -0.410 e. The van der Waals surface area contributed by atoms with Crippen molar-refractivity contribution in [3.63, 3.8) is 0 Å². The normalized spacial score (nSPS) is 11.0. The standard InChI is InChI=1S/C8H4ClFN2O/c1-11-5-2-3-6(7(10)4-5)8(9)12-13/h2-4,13H/b12-8+. The molecule has 1 rings (SSSR count). The Morgan fingerprint density at radius 1 is 1.62 bits per heavy atom. The van der Waals surface area contributed by atoms with Gasteiger partial charge in [0.05, 0.1) is 6.57 Å². The van der Waals surface area contributed by atoms with Gasteiger partial charge in [-0.05, 0) is 6.07 Å². The molecule has 0 unspecified atom stereocenters. The van der Waals surface area contributed by atoms with Gasteiger partial charge >= 0.3 is 0 Å². The first kappa shape index (κ1) is 9.49. The predicted molar refractivity (Wildman–Crippen MR) is 46.8 cm³/mol. The Bertz CT molecular complexity index is 398. The molecule has 3 nitrogen and oxygen atoms in total. The fourth-order valence-electron chi connectivity index (χ4n) is 0.795. The van der Waals surface area contributed by atoms with E-state index in [1.165, 1.54) is 12.1 Å². The molecule has 13 heavy (non-hydrogen) atoms. The average Bonchev–Trinajstić information content (AvgIpc) is 2.16. The van der Waals surface area contributed by atoms with Crippen LogP contribution in [0, 0.1) is 12.4 Å². The smallest absolute Gasteiger partial charge is 0.190 e. The molecule has 1 aromatic rings. The van der Waals surface area contributed by atoms with E-state index in [4.69, 9.17) is 23.4 Å². The van der Waals surface area contributed by atoms with Crippen molar-refractivity contribution in [1.29, 1.82) is 0 Å². The van der Waals surface area contributed by atoms with Crippen molar-refractivity contribution in [3.05, 3.63) is 41.0 Å². The summed E-state index contributed by atoms with van der Waals surface area (Å²) in [5, 5.41) is 10.6. The van der Waals surface area contributed by atoms with Gasteiger partial charge in [0.25, 0.3) is 0 Å².